The molecule has 0 bridgehead atoms. The zero-order valence-electron chi connectivity index (χ0n) is 42.4. The highest BCUT2D eigenvalue weighted by Gasteiger charge is 2.37. The molecule has 20 nitrogen and oxygen atoms in total. The van der Waals surface area contributed by atoms with Crippen molar-refractivity contribution in [3.63, 3.8) is 0 Å². The van der Waals surface area contributed by atoms with Gasteiger partial charge in [0.1, 0.15) is 23.7 Å². The van der Waals surface area contributed by atoms with Gasteiger partial charge < -0.3 is 64.4 Å². The molecule has 4 aliphatic heterocycles. The van der Waals surface area contributed by atoms with E-state index in [9.17, 15) is 39.3 Å². The van der Waals surface area contributed by atoms with Crippen LogP contribution >= 0.6 is 0 Å². The van der Waals surface area contributed by atoms with Crippen LogP contribution in [-0.2, 0) is 46.7 Å². The minimum atomic E-state index is -1.08. The Bertz CT molecular complexity index is 2750. The van der Waals surface area contributed by atoms with Gasteiger partial charge in [-0.1, -0.05) is 12.1 Å². The number of nitrogens with one attached hydrogen (secondary N) is 3. The molecule has 2 saturated heterocycles. The SMILES string of the molecule is CC(C)(C)OC(=O)N1Cc2cc(OCc3cnco3)ccc2CC1[C@H](O)CNC(=O)c1ccc(C(=O)N2CCOCC2)cc1.O=C(NC[C@@H](O)[C@@H]1Cc2ccc(O)cc2CN1)c1ccc(C(=O)N2CCOCC2)cc1. The molecule has 9 rings (SSSR count). The summed E-state index contributed by atoms with van der Waals surface area (Å²) in [5, 5.41) is 40.1. The predicted octanol–water partition coefficient (Wildman–Crippen LogP) is 3.85. The quantitative estimate of drug-likeness (QED) is 0.0980. The number of rotatable bonds is 13. The van der Waals surface area contributed by atoms with Crippen LogP contribution < -0.4 is 20.7 Å². The van der Waals surface area contributed by atoms with Crippen LogP contribution in [0.1, 0.15) is 90.2 Å². The monoisotopic (exact) mass is 1030 g/mol. The van der Waals surface area contributed by atoms with Gasteiger partial charge in [0.25, 0.3) is 23.6 Å². The summed E-state index contributed by atoms with van der Waals surface area (Å²) < 4.78 is 27.3. The van der Waals surface area contributed by atoms with E-state index in [0.717, 1.165) is 22.3 Å². The summed E-state index contributed by atoms with van der Waals surface area (Å²) in [4.78, 5) is 72.7. The summed E-state index contributed by atoms with van der Waals surface area (Å²) in [7, 11) is 0. The molecule has 0 aliphatic carbocycles. The Morgan fingerprint density at radius 3 is 1.81 bits per heavy atom. The van der Waals surface area contributed by atoms with Gasteiger partial charge in [-0.25, -0.2) is 9.78 Å². The van der Waals surface area contributed by atoms with Gasteiger partial charge in [-0.3, -0.25) is 24.1 Å². The van der Waals surface area contributed by atoms with Crippen molar-refractivity contribution in [1.29, 1.82) is 0 Å². The Morgan fingerprint density at radius 2 is 1.25 bits per heavy atom. The van der Waals surface area contributed by atoms with Gasteiger partial charge in [-0.15, -0.1) is 0 Å². The lowest BCUT2D eigenvalue weighted by molar-refractivity contribution is -0.0113. The summed E-state index contributed by atoms with van der Waals surface area (Å²) in [6, 6.07) is 23.0. The second-order valence-corrected chi connectivity index (χ2v) is 19.7. The number of phenols is 1. The smallest absolute Gasteiger partial charge is 0.410 e. The van der Waals surface area contributed by atoms with Crippen LogP contribution in [0.25, 0.3) is 0 Å². The van der Waals surface area contributed by atoms with Crippen LogP contribution in [0.2, 0.25) is 0 Å². The van der Waals surface area contributed by atoms with E-state index >= 15 is 0 Å². The summed E-state index contributed by atoms with van der Waals surface area (Å²) in [5.41, 5.74) is 4.98. The number of phenolic OH excluding ortho intramolecular Hbond substituents is 1. The van der Waals surface area contributed by atoms with Crippen LogP contribution in [0.15, 0.2) is 102 Å². The van der Waals surface area contributed by atoms with Gasteiger partial charge in [0.05, 0.1) is 50.9 Å². The van der Waals surface area contributed by atoms with E-state index in [1.54, 1.807) is 97.4 Å². The Labute approximate surface area is 434 Å². The zero-order chi connectivity index (χ0) is 53.1. The third-order valence-electron chi connectivity index (χ3n) is 13.3. The van der Waals surface area contributed by atoms with Crippen LogP contribution in [0.4, 0.5) is 4.79 Å². The van der Waals surface area contributed by atoms with Crippen molar-refractivity contribution < 1.29 is 62.7 Å². The topological polar surface area (TPSA) is 255 Å². The lowest BCUT2D eigenvalue weighted by Gasteiger charge is -2.40. The Kier molecular flexibility index (Phi) is 17.8. The molecule has 6 N–H and O–H groups in total. The second kappa shape index (κ2) is 24.8. The number of amides is 5. The first-order valence-corrected chi connectivity index (χ1v) is 25.1. The van der Waals surface area contributed by atoms with Crippen molar-refractivity contribution in [2.45, 2.75) is 83.2 Å². The first kappa shape index (κ1) is 53.9. The number of aliphatic hydroxyl groups is 2. The Hall–Kier alpha value is -7.36. The van der Waals surface area contributed by atoms with Crippen molar-refractivity contribution in [3.05, 3.63) is 148 Å². The highest BCUT2D eigenvalue weighted by Crippen LogP contribution is 2.31. The Balaban J connectivity index is 0.000000211. The fourth-order valence-electron chi connectivity index (χ4n) is 9.11. The van der Waals surface area contributed by atoms with Crippen LogP contribution in [-0.4, -0.2) is 160 Å². The number of carbonyl (C=O) groups excluding carboxylic acids is 5. The summed E-state index contributed by atoms with van der Waals surface area (Å²) in [5.74, 6) is 0.540. The molecule has 0 saturated carbocycles. The van der Waals surface area contributed by atoms with Gasteiger partial charge in [-0.2, -0.15) is 0 Å². The second-order valence-electron chi connectivity index (χ2n) is 19.7. The summed E-state index contributed by atoms with van der Waals surface area (Å²) in [6.45, 7) is 10.6. The molecule has 5 aromatic rings. The van der Waals surface area contributed by atoms with Gasteiger partial charge >= 0.3 is 6.09 Å². The standard InChI is InChI=1S/C32H38N4O8.C23H27N3O5/c1-32(2,3)44-31(40)36-18-24-14-25(42-19-26-16-33-20-43-26)9-8-23(24)15-27(36)28(37)17-34-29(38)21-4-6-22(7-5-21)30(39)35-10-12-41-13-11-35;27-19-6-5-17-12-20(24-13-18(17)11-19)21(28)14-25-22(29)15-1-3-16(4-2-15)23(30)26-7-9-31-10-8-26/h4-9,14,16,20,27-28,37H,10-13,15,17-19H2,1-3H3,(H,34,38);1-6,11,20-21,24,27-28H,7-10,12-14H2,(H,25,29)/t27?,28-;20-,21+/m10/s1. The lowest BCUT2D eigenvalue weighted by Crippen LogP contribution is -2.54. The summed E-state index contributed by atoms with van der Waals surface area (Å²) in [6.07, 6.45) is 1.49. The fraction of sp³-hybridized carbons (Fsp3) is 0.418. The number of nitrogens with zero attached hydrogens (tertiary/aromatic N) is 4. The molecule has 20 heteroatoms. The fourth-order valence-corrected chi connectivity index (χ4v) is 9.11. The van der Waals surface area contributed by atoms with Crippen molar-refractivity contribution in [2.75, 3.05) is 65.7 Å². The number of benzene rings is 4. The average molecular weight is 1030 g/mol. The molecule has 75 heavy (non-hydrogen) atoms. The molecular weight excluding hydrogens is 967 g/mol. The highest BCUT2D eigenvalue weighted by molar-refractivity contribution is 5.99. The molecule has 4 atom stereocenters. The highest BCUT2D eigenvalue weighted by atomic mass is 16.6. The van der Waals surface area contributed by atoms with Crippen LogP contribution in [0.5, 0.6) is 11.5 Å². The van der Waals surface area contributed by atoms with E-state index in [1.165, 1.54) is 11.3 Å². The predicted molar refractivity (Wildman–Crippen MR) is 272 cm³/mol. The maximum atomic E-state index is 13.3. The molecule has 5 heterocycles. The number of aliphatic hydroxyl groups excluding tert-OH is 2. The molecule has 0 spiro atoms. The van der Waals surface area contributed by atoms with Gasteiger partial charge in [0.2, 0.25) is 0 Å². The number of aromatic nitrogens is 1. The molecule has 398 valence electrons. The number of aromatic hydroxyl groups is 1. The molecular formula is C55H65N7O13. The summed E-state index contributed by atoms with van der Waals surface area (Å²) >= 11 is 0. The number of oxazole rings is 1. The van der Waals surface area contributed by atoms with Crippen molar-refractivity contribution in [1.82, 2.24) is 35.6 Å². The zero-order valence-corrected chi connectivity index (χ0v) is 42.4. The third kappa shape index (κ3) is 14.5. The molecule has 5 amide bonds. The van der Waals surface area contributed by atoms with Gasteiger partial charge in [0.15, 0.2) is 12.2 Å². The lowest BCUT2D eigenvalue weighted by atomic mass is 9.91. The van der Waals surface area contributed by atoms with E-state index in [-0.39, 0.29) is 55.8 Å². The maximum absolute atomic E-state index is 13.3. The van der Waals surface area contributed by atoms with E-state index in [2.05, 4.69) is 20.9 Å². The van der Waals surface area contributed by atoms with E-state index in [1.807, 2.05) is 24.3 Å². The first-order valence-electron chi connectivity index (χ1n) is 25.1. The normalized spacial score (nSPS) is 18.2. The number of ether oxygens (including phenoxy) is 4. The first-order chi connectivity index (χ1) is 36.1. The molecule has 2 fully saturated rings. The van der Waals surface area contributed by atoms with Crippen LogP contribution in [0, 0.1) is 0 Å². The molecule has 1 aromatic heterocycles. The van der Waals surface area contributed by atoms with Crippen molar-refractivity contribution in [2.24, 2.45) is 0 Å². The van der Waals surface area contributed by atoms with Gasteiger partial charge in [-0.05, 0) is 129 Å². The van der Waals surface area contributed by atoms with Gasteiger partial charge in [0, 0.05) is 80.7 Å². The molecule has 4 aromatic carbocycles. The molecule has 4 aliphatic rings. The van der Waals surface area contributed by atoms with Crippen molar-refractivity contribution >= 4 is 29.7 Å². The number of fused-ring (bicyclic) bond motifs is 2. The van der Waals surface area contributed by atoms with Crippen LogP contribution in [0.3, 0.4) is 0 Å². The average Bonchev–Trinajstić information content (AvgIpc) is 3.96. The number of hydrogen-bond donors (Lipinski definition) is 6. The molecule has 1 unspecified atom stereocenters. The van der Waals surface area contributed by atoms with E-state index in [4.69, 9.17) is 23.4 Å². The molecule has 0 radical (unpaired) electrons. The number of morpholine rings is 2. The largest absolute Gasteiger partial charge is 0.508 e. The van der Waals surface area contributed by atoms with E-state index in [0.29, 0.717) is 106 Å². The van der Waals surface area contributed by atoms with Crippen molar-refractivity contribution in [3.8, 4) is 11.5 Å². The number of hydrogen-bond acceptors (Lipinski definition) is 15. The maximum Gasteiger partial charge on any atom is 0.410 e. The van der Waals surface area contributed by atoms with E-state index < -0.39 is 35.9 Å². The number of carbonyl (C=O) groups is 5. The minimum absolute atomic E-state index is 0.0670. The Morgan fingerprint density at radius 1 is 0.707 bits per heavy atom. The third-order valence-corrected chi connectivity index (χ3v) is 13.3. The minimum Gasteiger partial charge on any atom is -0.508 e.